The van der Waals surface area contributed by atoms with E-state index in [1.165, 1.54) is 23.1 Å². The van der Waals surface area contributed by atoms with Crippen LogP contribution in [0.15, 0.2) is 53.4 Å². The fraction of sp³-hybridized carbons (Fsp3) is 0.278. The first kappa shape index (κ1) is 16.6. The summed E-state index contributed by atoms with van der Waals surface area (Å²) >= 11 is 0. The van der Waals surface area contributed by atoms with Gasteiger partial charge >= 0.3 is 0 Å². The smallest absolute Gasteiger partial charge is 0.230 e. The van der Waals surface area contributed by atoms with E-state index >= 15 is 0 Å². The number of hydrogen-bond donors (Lipinski definition) is 0. The Morgan fingerprint density at radius 3 is 2.38 bits per heavy atom. The van der Waals surface area contributed by atoms with Gasteiger partial charge in [0.25, 0.3) is 0 Å². The van der Waals surface area contributed by atoms with Crippen molar-refractivity contribution in [2.75, 3.05) is 18.2 Å². The molecule has 0 bridgehead atoms. The third-order valence-electron chi connectivity index (χ3n) is 4.36. The molecule has 1 fully saturated rings. The van der Waals surface area contributed by atoms with Gasteiger partial charge in [0.1, 0.15) is 5.82 Å². The zero-order valence-electron chi connectivity index (χ0n) is 13.4. The molecule has 126 valence electrons. The summed E-state index contributed by atoms with van der Waals surface area (Å²) in [5.41, 5.74) is 1.31. The maximum absolute atomic E-state index is 13.0. The second kappa shape index (κ2) is 6.02. The van der Waals surface area contributed by atoms with Crippen LogP contribution in [0, 0.1) is 11.7 Å². The van der Waals surface area contributed by atoms with Crippen molar-refractivity contribution >= 4 is 21.4 Å². The van der Waals surface area contributed by atoms with Crippen molar-refractivity contribution < 1.29 is 17.6 Å². The Labute approximate surface area is 140 Å². The normalized spacial score (nSPS) is 19.8. The summed E-state index contributed by atoms with van der Waals surface area (Å²) in [6, 6.07) is 12.6. The zero-order chi connectivity index (χ0) is 17.5. The lowest BCUT2D eigenvalue weighted by Crippen LogP contribution is -2.29. The average molecular weight is 347 g/mol. The summed E-state index contributed by atoms with van der Waals surface area (Å²) in [5, 5.41) is 0. The SMILES string of the molecule is CN(C(=O)[C@@H]1C[C@H]1c1ccc(F)cc1)c1ccccc1S(C)(=O)=O. The molecule has 0 aliphatic heterocycles. The van der Waals surface area contributed by atoms with Gasteiger partial charge < -0.3 is 4.90 Å². The topological polar surface area (TPSA) is 54.5 Å². The highest BCUT2D eigenvalue weighted by molar-refractivity contribution is 7.90. The number of rotatable bonds is 4. The molecule has 1 aliphatic carbocycles. The summed E-state index contributed by atoms with van der Waals surface area (Å²) in [6.07, 6.45) is 1.82. The number of carbonyl (C=O) groups is 1. The summed E-state index contributed by atoms with van der Waals surface area (Å²) < 4.78 is 36.8. The van der Waals surface area contributed by atoms with Crippen LogP contribution in [0.5, 0.6) is 0 Å². The van der Waals surface area contributed by atoms with Crippen molar-refractivity contribution in [1.29, 1.82) is 0 Å². The van der Waals surface area contributed by atoms with Gasteiger partial charge in [-0.25, -0.2) is 12.8 Å². The number of halogens is 1. The highest BCUT2D eigenvalue weighted by atomic mass is 32.2. The molecule has 1 amide bonds. The molecule has 6 heteroatoms. The van der Waals surface area contributed by atoms with E-state index in [0.29, 0.717) is 12.1 Å². The molecule has 2 aromatic carbocycles. The van der Waals surface area contributed by atoms with Crippen molar-refractivity contribution in [3.8, 4) is 0 Å². The quantitative estimate of drug-likeness (QED) is 0.854. The fourth-order valence-corrected chi connectivity index (χ4v) is 3.87. The van der Waals surface area contributed by atoms with E-state index in [0.717, 1.165) is 11.8 Å². The molecule has 1 saturated carbocycles. The molecule has 0 spiro atoms. The van der Waals surface area contributed by atoms with E-state index in [1.54, 1.807) is 37.4 Å². The van der Waals surface area contributed by atoms with Gasteiger partial charge in [0.15, 0.2) is 9.84 Å². The molecule has 1 aliphatic rings. The Hall–Kier alpha value is -2.21. The van der Waals surface area contributed by atoms with Crippen LogP contribution >= 0.6 is 0 Å². The number of benzene rings is 2. The fourth-order valence-electron chi connectivity index (χ4n) is 2.96. The first-order chi connectivity index (χ1) is 11.3. The maximum atomic E-state index is 13.0. The third-order valence-corrected chi connectivity index (χ3v) is 5.51. The second-order valence-electron chi connectivity index (χ2n) is 6.14. The summed E-state index contributed by atoms with van der Waals surface area (Å²) in [4.78, 5) is 14.2. The molecule has 0 saturated heterocycles. The number of carbonyl (C=O) groups excluding carboxylic acids is 1. The lowest BCUT2D eigenvalue weighted by molar-refractivity contribution is -0.119. The number of sulfone groups is 1. The predicted octanol–water partition coefficient (Wildman–Crippen LogP) is 3.00. The minimum absolute atomic E-state index is 0.0611. The molecule has 0 N–H and O–H groups in total. The second-order valence-corrected chi connectivity index (χ2v) is 8.12. The van der Waals surface area contributed by atoms with Crippen LogP contribution in [0.25, 0.3) is 0 Å². The number of hydrogen-bond acceptors (Lipinski definition) is 3. The van der Waals surface area contributed by atoms with E-state index in [-0.39, 0.29) is 28.5 Å². The monoisotopic (exact) mass is 347 g/mol. The van der Waals surface area contributed by atoms with Gasteiger partial charge in [-0.15, -0.1) is 0 Å². The molecule has 2 atom stereocenters. The maximum Gasteiger partial charge on any atom is 0.230 e. The number of nitrogens with zero attached hydrogens (tertiary/aromatic N) is 1. The third kappa shape index (κ3) is 3.19. The summed E-state index contributed by atoms with van der Waals surface area (Å²) in [6.45, 7) is 0. The van der Waals surface area contributed by atoms with Gasteiger partial charge in [0, 0.05) is 19.2 Å². The number of para-hydroxylation sites is 1. The molecule has 0 radical (unpaired) electrons. The van der Waals surface area contributed by atoms with E-state index in [4.69, 9.17) is 0 Å². The molecular weight excluding hydrogens is 329 g/mol. The Morgan fingerprint density at radius 2 is 1.75 bits per heavy atom. The minimum Gasteiger partial charge on any atom is -0.314 e. The molecular formula is C18H18FNO3S. The van der Waals surface area contributed by atoms with E-state index in [1.807, 2.05) is 0 Å². The average Bonchev–Trinajstić information content (AvgIpc) is 3.34. The Balaban J connectivity index is 1.81. The van der Waals surface area contributed by atoms with Crippen LogP contribution in [-0.2, 0) is 14.6 Å². The predicted molar refractivity (Wildman–Crippen MR) is 90.2 cm³/mol. The van der Waals surface area contributed by atoms with Crippen molar-refractivity contribution in [3.05, 3.63) is 59.9 Å². The largest absolute Gasteiger partial charge is 0.314 e. The van der Waals surface area contributed by atoms with E-state index in [9.17, 15) is 17.6 Å². The van der Waals surface area contributed by atoms with Crippen LogP contribution in [0.2, 0.25) is 0 Å². The molecule has 4 nitrogen and oxygen atoms in total. The van der Waals surface area contributed by atoms with E-state index in [2.05, 4.69) is 0 Å². The lowest BCUT2D eigenvalue weighted by Gasteiger charge is -2.20. The molecule has 0 unspecified atom stereocenters. The lowest BCUT2D eigenvalue weighted by atomic mass is 10.1. The van der Waals surface area contributed by atoms with Crippen LogP contribution in [0.1, 0.15) is 17.9 Å². The summed E-state index contributed by atoms with van der Waals surface area (Å²) in [7, 11) is -1.83. The number of amides is 1. The van der Waals surface area contributed by atoms with Gasteiger partial charge in [-0.05, 0) is 42.2 Å². The minimum atomic E-state index is -3.42. The van der Waals surface area contributed by atoms with Crippen molar-refractivity contribution in [2.24, 2.45) is 5.92 Å². The first-order valence-corrected chi connectivity index (χ1v) is 9.50. The first-order valence-electron chi connectivity index (χ1n) is 7.61. The molecule has 0 aromatic heterocycles. The summed E-state index contributed by atoms with van der Waals surface area (Å²) in [5.74, 6) is -0.569. The Bertz CT molecular complexity index is 877. The van der Waals surface area contributed by atoms with Crippen molar-refractivity contribution in [1.82, 2.24) is 0 Å². The van der Waals surface area contributed by atoms with Crippen LogP contribution in [0.4, 0.5) is 10.1 Å². The molecule has 2 aromatic rings. The van der Waals surface area contributed by atoms with Crippen LogP contribution in [-0.4, -0.2) is 27.6 Å². The number of anilines is 1. The van der Waals surface area contributed by atoms with Gasteiger partial charge in [-0.3, -0.25) is 4.79 Å². The van der Waals surface area contributed by atoms with Crippen molar-refractivity contribution in [2.45, 2.75) is 17.2 Å². The van der Waals surface area contributed by atoms with Gasteiger partial charge in [-0.1, -0.05) is 24.3 Å². The van der Waals surface area contributed by atoms with Gasteiger partial charge in [0.05, 0.1) is 10.6 Å². The van der Waals surface area contributed by atoms with Crippen LogP contribution < -0.4 is 4.90 Å². The highest BCUT2D eigenvalue weighted by Crippen LogP contribution is 2.48. The molecule has 24 heavy (non-hydrogen) atoms. The molecule has 3 rings (SSSR count). The molecule has 0 heterocycles. The van der Waals surface area contributed by atoms with Crippen LogP contribution in [0.3, 0.4) is 0 Å². The van der Waals surface area contributed by atoms with E-state index < -0.39 is 9.84 Å². The zero-order valence-corrected chi connectivity index (χ0v) is 14.3. The van der Waals surface area contributed by atoms with Gasteiger partial charge in [0.2, 0.25) is 5.91 Å². The highest BCUT2D eigenvalue weighted by Gasteiger charge is 2.45. The Morgan fingerprint density at radius 1 is 1.12 bits per heavy atom. The van der Waals surface area contributed by atoms with Crippen molar-refractivity contribution in [3.63, 3.8) is 0 Å². The Kier molecular flexibility index (Phi) is 4.17. The standard InChI is InChI=1S/C18H18FNO3S/c1-20(16-5-3-4-6-17(16)24(2,22)23)18(21)15-11-14(15)12-7-9-13(19)10-8-12/h3-10,14-15H,11H2,1-2H3/t14-,15+/m0/s1. The van der Waals surface area contributed by atoms with Gasteiger partial charge in [-0.2, -0.15) is 0 Å².